The molecule has 0 aliphatic carbocycles. The first kappa shape index (κ1) is 13.4. The van der Waals surface area contributed by atoms with Crippen LogP contribution in [0.5, 0.6) is 0 Å². The van der Waals surface area contributed by atoms with Crippen molar-refractivity contribution in [3.63, 3.8) is 0 Å². The Kier molecular flexibility index (Phi) is 4.72. The van der Waals surface area contributed by atoms with Crippen LogP contribution in [-0.4, -0.2) is 10.6 Å². The molecule has 0 amide bonds. The van der Waals surface area contributed by atoms with Gasteiger partial charge < -0.3 is 0 Å². The lowest BCUT2D eigenvalue weighted by atomic mass is 9.97. The number of halogens is 1. The number of carbonyl (C=O) groups is 1. The van der Waals surface area contributed by atoms with Crippen molar-refractivity contribution in [1.29, 1.82) is 0 Å². The van der Waals surface area contributed by atoms with Gasteiger partial charge in [-0.2, -0.15) is 0 Å². The van der Waals surface area contributed by atoms with Crippen LogP contribution in [0, 0.1) is 19.8 Å². The maximum atomic E-state index is 11.8. The van der Waals surface area contributed by atoms with Crippen molar-refractivity contribution in [2.45, 2.75) is 38.9 Å². The lowest BCUT2D eigenvalue weighted by Gasteiger charge is -2.13. The van der Waals surface area contributed by atoms with Crippen LogP contribution < -0.4 is 0 Å². The monoisotopic (exact) mass is 282 g/mol. The second-order valence-corrected chi connectivity index (χ2v) is 5.76. The summed E-state index contributed by atoms with van der Waals surface area (Å²) in [5.74, 6) is 0.371. The van der Waals surface area contributed by atoms with Crippen molar-refractivity contribution in [1.82, 2.24) is 0 Å². The molecule has 1 rings (SSSR count). The molecular weight excluding hydrogens is 264 g/mol. The van der Waals surface area contributed by atoms with E-state index in [0.29, 0.717) is 0 Å². The highest BCUT2D eigenvalue weighted by Crippen LogP contribution is 2.18. The van der Waals surface area contributed by atoms with Gasteiger partial charge in [-0.15, -0.1) is 0 Å². The second-order valence-electron chi connectivity index (χ2n) is 4.66. The van der Waals surface area contributed by atoms with Gasteiger partial charge in [-0.1, -0.05) is 53.5 Å². The van der Waals surface area contributed by atoms with Crippen LogP contribution in [0.15, 0.2) is 18.2 Å². The molecule has 0 heterocycles. The van der Waals surface area contributed by atoms with Gasteiger partial charge in [0, 0.05) is 5.92 Å². The molecule has 88 valence electrons. The summed E-state index contributed by atoms with van der Waals surface area (Å²) < 4.78 is 0. The van der Waals surface area contributed by atoms with Crippen LogP contribution in [0.4, 0.5) is 0 Å². The number of ketones is 1. The molecule has 0 saturated carbocycles. The Labute approximate surface area is 106 Å². The van der Waals surface area contributed by atoms with Gasteiger partial charge in [0.2, 0.25) is 0 Å². The maximum Gasteiger partial charge on any atom is 0.149 e. The normalized spacial score (nSPS) is 12.9. The third-order valence-electron chi connectivity index (χ3n) is 2.78. The topological polar surface area (TPSA) is 17.1 Å². The van der Waals surface area contributed by atoms with Gasteiger partial charge in [0.05, 0.1) is 4.83 Å². The second kappa shape index (κ2) is 5.62. The number of alkyl halides is 1. The fourth-order valence-electron chi connectivity index (χ4n) is 1.68. The third kappa shape index (κ3) is 3.44. The summed E-state index contributed by atoms with van der Waals surface area (Å²) in [5, 5.41) is 0. The molecule has 1 nitrogen and oxygen atoms in total. The number of benzene rings is 1. The molecule has 0 N–H and O–H groups in total. The molecule has 0 aromatic heterocycles. The molecule has 0 bridgehead atoms. The number of hydrogen-bond donors (Lipinski definition) is 0. The van der Waals surface area contributed by atoms with Crippen LogP contribution in [0.25, 0.3) is 0 Å². The smallest absolute Gasteiger partial charge is 0.149 e. The van der Waals surface area contributed by atoms with Crippen molar-refractivity contribution in [2.75, 3.05) is 0 Å². The highest BCUT2D eigenvalue weighted by molar-refractivity contribution is 9.10. The van der Waals surface area contributed by atoms with E-state index in [1.165, 1.54) is 16.7 Å². The van der Waals surface area contributed by atoms with Gasteiger partial charge in [0.25, 0.3) is 0 Å². The van der Waals surface area contributed by atoms with E-state index in [1.807, 2.05) is 13.8 Å². The summed E-state index contributed by atoms with van der Waals surface area (Å²) in [6, 6.07) is 6.38. The number of Topliss-reactive ketones (excluding diaryl/α,β-unsaturated/α-hetero) is 1. The first-order valence-electron chi connectivity index (χ1n) is 5.65. The summed E-state index contributed by atoms with van der Waals surface area (Å²) >= 11 is 3.49. The van der Waals surface area contributed by atoms with E-state index in [0.717, 1.165) is 6.42 Å². The van der Waals surface area contributed by atoms with E-state index in [-0.39, 0.29) is 16.5 Å². The molecular formula is C14H19BrO. The quantitative estimate of drug-likeness (QED) is 0.767. The van der Waals surface area contributed by atoms with E-state index in [4.69, 9.17) is 0 Å². The molecule has 0 aliphatic heterocycles. The zero-order valence-electron chi connectivity index (χ0n) is 10.4. The number of rotatable bonds is 4. The zero-order valence-corrected chi connectivity index (χ0v) is 12.0. The number of hydrogen-bond acceptors (Lipinski definition) is 1. The Bertz CT molecular complexity index is 382. The molecule has 0 radical (unpaired) electrons. The van der Waals surface area contributed by atoms with Crippen LogP contribution in [-0.2, 0) is 11.2 Å². The Morgan fingerprint density at radius 3 is 2.50 bits per heavy atom. The minimum Gasteiger partial charge on any atom is -0.298 e. The van der Waals surface area contributed by atoms with E-state index in [2.05, 4.69) is 48.0 Å². The first-order chi connectivity index (χ1) is 7.41. The average Bonchev–Trinajstić information content (AvgIpc) is 2.22. The van der Waals surface area contributed by atoms with Gasteiger partial charge in [0.15, 0.2) is 0 Å². The summed E-state index contributed by atoms with van der Waals surface area (Å²) in [6.07, 6.45) is 0.782. The van der Waals surface area contributed by atoms with Gasteiger partial charge in [-0.05, 0) is 31.4 Å². The van der Waals surface area contributed by atoms with Gasteiger partial charge in [-0.25, -0.2) is 0 Å². The molecule has 1 unspecified atom stereocenters. The summed E-state index contributed by atoms with van der Waals surface area (Å²) in [4.78, 5) is 11.7. The average molecular weight is 283 g/mol. The molecule has 0 saturated heterocycles. The van der Waals surface area contributed by atoms with E-state index < -0.39 is 0 Å². The Morgan fingerprint density at radius 1 is 1.31 bits per heavy atom. The Hall–Kier alpha value is -0.630. The van der Waals surface area contributed by atoms with Crippen LogP contribution in [0.2, 0.25) is 0 Å². The SMILES string of the molecule is Cc1ccc(C)c(CC(Br)C(=O)C(C)C)c1. The lowest BCUT2D eigenvalue weighted by molar-refractivity contribution is -0.121. The van der Waals surface area contributed by atoms with Crippen molar-refractivity contribution in [2.24, 2.45) is 5.92 Å². The predicted octanol–water partition coefficient (Wildman–Crippen LogP) is 3.83. The highest BCUT2D eigenvalue weighted by Gasteiger charge is 2.19. The standard InChI is InChI=1S/C14H19BrO/c1-9(2)14(16)13(15)8-12-7-10(3)5-6-11(12)4/h5-7,9,13H,8H2,1-4H3. The minimum atomic E-state index is -0.0620. The summed E-state index contributed by atoms with van der Waals surface area (Å²) in [6.45, 7) is 8.06. The number of carbonyl (C=O) groups excluding carboxylic acids is 1. The molecule has 0 spiro atoms. The van der Waals surface area contributed by atoms with Gasteiger partial charge >= 0.3 is 0 Å². The molecule has 1 aromatic carbocycles. The molecule has 0 aliphatic rings. The van der Waals surface area contributed by atoms with E-state index in [1.54, 1.807) is 0 Å². The van der Waals surface area contributed by atoms with Crippen molar-refractivity contribution >= 4 is 21.7 Å². The largest absolute Gasteiger partial charge is 0.298 e. The van der Waals surface area contributed by atoms with Gasteiger partial charge in [-0.3, -0.25) is 4.79 Å². The van der Waals surface area contributed by atoms with Crippen LogP contribution in [0.1, 0.15) is 30.5 Å². The molecule has 0 fully saturated rings. The maximum absolute atomic E-state index is 11.8. The summed E-state index contributed by atoms with van der Waals surface area (Å²) in [5.41, 5.74) is 3.76. The zero-order chi connectivity index (χ0) is 12.3. The van der Waals surface area contributed by atoms with Crippen molar-refractivity contribution < 1.29 is 4.79 Å². The van der Waals surface area contributed by atoms with E-state index >= 15 is 0 Å². The fraction of sp³-hybridized carbons (Fsp3) is 0.500. The van der Waals surface area contributed by atoms with Crippen molar-refractivity contribution in [3.05, 3.63) is 34.9 Å². The fourth-order valence-corrected chi connectivity index (χ4v) is 2.55. The minimum absolute atomic E-state index is 0.0620. The first-order valence-corrected chi connectivity index (χ1v) is 6.57. The predicted molar refractivity (Wildman–Crippen MR) is 72.2 cm³/mol. The molecule has 1 atom stereocenters. The molecule has 1 aromatic rings. The van der Waals surface area contributed by atoms with Crippen LogP contribution in [0.3, 0.4) is 0 Å². The van der Waals surface area contributed by atoms with Gasteiger partial charge in [0.1, 0.15) is 5.78 Å². The number of aryl methyl sites for hydroxylation is 2. The van der Waals surface area contributed by atoms with Crippen LogP contribution >= 0.6 is 15.9 Å². The summed E-state index contributed by atoms with van der Waals surface area (Å²) in [7, 11) is 0. The van der Waals surface area contributed by atoms with Crippen molar-refractivity contribution in [3.8, 4) is 0 Å². The third-order valence-corrected chi connectivity index (χ3v) is 3.56. The molecule has 16 heavy (non-hydrogen) atoms. The van der Waals surface area contributed by atoms with E-state index in [9.17, 15) is 4.79 Å². The molecule has 2 heteroatoms. The Balaban J connectivity index is 2.80. The Morgan fingerprint density at radius 2 is 1.94 bits per heavy atom. The lowest BCUT2D eigenvalue weighted by Crippen LogP contribution is -2.22. The highest BCUT2D eigenvalue weighted by atomic mass is 79.9.